The molecular formula is C21H26ClN3O. The molecule has 2 N–H and O–H groups in total. The zero-order valence-corrected chi connectivity index (χ0v) is 15.9. The summed E-state index contributed by atoms with van der Waals surface area (Å²) in [5, 5.41) is 7.52. The van der Waals surface area contributed by atoms with Gasteiger partial charge in [-0.15, -0.1) is 0 Å². The molecule has 2 unspecified atom stereocenters. The van der Waals surface area contributed by atoms with E-state index >= 15 is 0 Å². The number of hydrogen-bond acceptors (Lipinski definition) is 2. The first kappa shape index (κ1) is 18.7. The standard InChI is InChI=1S/C21H26ClN3O/c1-2-23-21(24-14-17-10-6-7-11-19(17)22)25-15-18-12-13-26-20(18)16-8-4-3-5-9-16/h3-11,18,20H,2,12-15H2,1H3,(H2,23,24,25). The Labute approximate surface area is 160 Å². The highest BCUT2D eigenvalue weighted by molar-refractivity contribution is 6.31. The molecular weight excluding hydrogens is 346 g/mol. The maximum absolute atomic E-state index is 6.23. The molecule has 3 rings (SSSR count). The van der Waals surface area contributed by atoms with Gasteiger partial charge in [0.25, 0.3) is 0 Å². The Kier molecular flexibility index (Phi) is 6.92. The summed E-state index contributed by atoms with van der Waals surface area (Å²) in [6.45, 7) is 5.07. The topological polar surface area (TPSA) is 45.7 Å². The van der Waals surface area contributed by atoms with Crippen LogP contribution in [0.3, 0.4) is 0 Å². The van der Waals surface area contributed by atoms with Crippen LogP contribution in [0.5, 0.6) is 0 Å². The first-order chi connectivity index (χ1) is 12.8. The third-order valence-corrected chi connectivity index (χ3v) is 4.95. The van der Waals surface area contributed by atoms with Gasteiger partial charge in [0.2, 0.25) is 0 Å². The molecule has 1 fully saturated rings. The zero-order chi connectivity index (χ0) is 18.2. The molecule has 0 radical (unpaired) electrons. The van der Waals surface area contributed by atoms with E-state index in [4.69, 9.17) is 16.3 Å². The average molecular weight is 372 g/mol. The Hall–Kier alpha value is -2.04. The van der Waals surface area contributed by atoms with E-state index < -0.39 is 0 Å². The lowest BCUT2D eigenvalue weighted by Gasteiger charge is -2.21. The molecule has 1 aliphatic rings. The number of ether oxygens (including phenoxy) is 1. The molecule has 5 heteroatoms. The van der Waals surface area contributed by atoms with Crippen LogP contribution in [0.1, 0.15) is 30.6 Å². The van der Waals surface area contributed by atoms with Gasteiger partial charge in [-0.25, -0.2) is 4.99 Å². The smallest absolute Gasteiger partial charge is 0.191 e. The summed E-state index contributed by atoms with van der Waals surface area (Å²) < 4.78 is 5.97. The van der Waals surface area contributed by atoms with Crippen LogP contribution in [0.25, 0.3) is 0 Å². The van der Waals surface area contributed by atoms with Gasteiger partial charge in [0.15, 0.2) is 5.96 Å². The minimum absolute atomic E-state index is 0.148. The van der Waals surface area contributed by atoms with Crippen LogP contribution in [-0.4, -0.2) is 25.7 Å². The van der Waals surface area contributed by atoms with Gasteiger partial charge in [-0.3, -0.25) is 0 Å². The Morgan fingerprint density at radius 2 is 1.88 bits per heavy atom. The fourth-order valence-corrected chi connectivity index (χ4v) is 3.41. The van der Waals surface area contributed by atoms with Crippen molar-refractivity contribution in [2.75, 3.05) is 19.7 Å². The Morgan fingerprint density at radius 3 is 2.65 bits per heavy atom. The summed E-state index contributed by atoms with van der Waals surface area (Å²) in [7, 11) is 0. The third kappa shape index (κ3) is 4.99. The Balaban J connectivity index is 1.61. The summed E-state index contributed by atoms with van der Waals surface area (Å²) in [5.74, 6) is 1.24. The summed E-state index contributed by atoms with van der Waals surface area (Å²) in [6, 6.07) is 18.3. The van der Waals surface area contributed by atoms with E-state index in [2.05, 4.69) is 46.8 Å². The number of benzene rings is 2. The Bertz CT molecular complexity index is 720. The second kappa shape index (κ2) is 9.60. The number of guanidine groups is 1. The highest BCUT2D eigenvalue weighted by Crippen LogP contribution is 2.33. The van der Waals surface area contributed by atoms with Crippen LogP contribution in [0.4, 0.5) is 0 Å². The van der Waals surface area contributed by atoms with E-state index in [0.29, 0.717) is 12.5 Å². The van der Waals surface area contributed by atoms with Crippen molar-refractivity contribution in [3.63, 3.8) is 0 Å². The second-order valence-corrected chi connectivity index (χ2v) is 6.83. The first-order valence-electron chi connectivity index (χ1n) is 9.20. The van der Waals surface area contributed by atoms with Crippen molar-refractivity contribution in [3.05, 3.63) is 70.7 Å². The second-order valence-electron chi connectivity index (χ2n) is 6.42. The number of nitrogens with zero attached hydrogens (tertiary/aromatic N) is 1. The van der Waals surface area contributed by atoms with Crippen LogP contribution in [0, 0.1) is 5.92 Å². The summed E-state index contributed by atoms with van der Waals surface area (Å²) in [6.07, 6.45) is 1.20. The summed E-state index contributed by atoms with van der Waals surface area (Å²) in [5.41, 5.74) is 2.27. The van der Waals surface area contributed by atoms with Gasteiger partial charge >= 0.3 is 0 Å². The molecule has 2 aromatic carbocycles. The zero-order valence-electron chi connectivity index (χ0n) is 15.1. The molecule has 0 saturated carbocycles. The van der Waals surface area contributed by atoms with Crippen LogP contribution in [0.15, 0.2) is 59.6 Å². The fraction of sp³-hybridized carbons (Fsp3) is 0.381. The van der Waals surface area contributed by atoms with Gasteiger partial charge in [-0.1, -0.05) is 60.1 Å². The van der Waals surface area contributed by atoms with Crippen LogP contribution in [0.2, 0.25) is 5.02 Å². The van der Waals surface area contributed by atoms with Crippen LogP contribution >= 0.6 is 11.6 Å². The number of rotatable bonds is 6. The van der Waals surface area contributed by atoms with E-state index in [1.165, 1.54) is 5.56 Å². The maximum atomic E-state index is 6.23. The quantitative estimate of drug-likeness (QED) is 0.591. The molecule has 2 aromatic rings. The summed E-state index contributed by atoms with van der Waals surface area (Å²) in [4.78, 5) is 4.67. The molecule has 26 heavy (non-hydrogen) atoms. The lowest BCUT2D eigenvalue weighted by molar-refractivity contribution is 0.0915. The minimum Gasteiger partial charge on any atom is -0.373 e. The fourth-order valence-electron chi connectivity index (χ4n) is 3.21. The van der Waals surface area contributed by atoms with Gasteiger partial charge in [0.05, 0.1) is 12.6 Å². The van der Waals surface area contributed by atoms with Crippen molar-refractivity contribution in [2.24, 2.45) is 10.9 Å². The predicted octanol–water partition coefficient (Wildman–Crippen LogP) is 4.17. The number of nitrogens with one attached hydrogen (secondary N) is 2. The first-order valence-corrected chi connectivity index (χ1v) is 9.58. The number of hydrogen-bond donors (Lipinski definition) is 2. The lowest BCUT2D eigenvalue weighted by atomic mass is 9.95. The molecule has 0 bridgehead atoms. The normalized spacial score (nSPS) is 20.2. The molecule has 0 aromatic heterocycles. The van der Waals surface area contributed by atoms with E-state index in [1.807, 2.05) is 30.3 Å². The third-order valence-electron chi connectivity index (χ3n) is 4.58. The lowest BCUT2D eigenvalue weighted by Crippen LogP contribution is -2.40. The average Bonchev–Trinajstić information content (AvgIpc) is 3.14. The minimum atomic E-state index is 0.148. The largest absolute Gasteiger partial charge is 0.373 e. The molecule has 138 valence electrons. The molecule has 4 nitrogen and oxygen atoms in total. The van der Waals surface area contributed by atoms with E-state index in [9.17, 15) is 0 Å². The van der Waals surface area contributed by atoms with Crippen molar-refractivity contribution >= 4 is 17.6 Å². The summed E-state index contributed by atoms with van der Waals surface area (Å²) >= 11 is 6.23. The van der Waals surface area contributed by atoms with Gasteiger partial charge in [-0.05, 0) is 30.5 Å². The van der Waals surface area contributed by atoms with Crippen molar-refractivity contribution in [2.45, 2.75) is 26.0 Å². The van der Waals surface area contributed by atoms with Crippen molar-refractivity contribution in [1.82, 2.24) is 10.6 Å². The molecule has 0 amide bonds. The van der Waals surface area contributed by atoms with Gasteiger partial charge in [0, 0.05) is 30.6 Å². The number of aliphatic imine (C=N–C) groups is 1. The van der Waals surface area contributed by atoms with Gasteiger partial charge in [-0.2, -0.15) is 0 Å². The molecule has 1 saturated heterocycles. The van der Waals surface area contributed by atoms with Crippen molar-refractivity contribution in [3.8, 4) is 0 Å². The van der Waals surface area contributed by atoms with Gasteiger partial charge < -0.3 is 15.4 Å². The van der Waals surface area contributed by atoms with Crippen LogP contribution < -0.4 is 10.6 Å². The molecule has 1 aliphatic heterocycles. The molecule has 2 atom stereocenters. The van der Waals surface area contributed by atoms with E-state index in [0.717, 1.165) is 42.7 Å². The monoisotopic (exact) mass is 371 g/mol. The SMILES string of the molecule is CCNC(=NCc1ccccc1Cl)NCC1CCOC1c1ccccc1. The highest BCUT2D eigenvalue weighted by atomic mass is 35.5. The van der Waals surface area contributed by atoms with E-state index in [1.54, 1.807) is 0 Å². The Morgan fingerprint density at radius 1 is 1.12 bits per heavy atom. The highest BCUT2D eigenvalue weighted by Gasteiger charge is 2.29. The maximum Gasteiger partial charge on any atom is 0.191 e. The van der Waals surface area contributed by atoms with Gasteiger partial charge in [0.1, 0.15) is 0 Å². The molecule has 0 spiro atoms. The predicted molar refractivity (Wildman–Crippen MR) is 108 cm³/mol. The van der Waals surface area contributed by atoms with E-state index in [-0.39, 0.29) is 6.10 Å². The molecule has 1 heterocycles. The molecule has 0 aliphatic carbocycles. The number of halogens is 1. The van der Waals surface area contributed by atoms with Crippen molar-refractivity contribution in [1.29, 1.82) is 0 Å². The van der Waals surface area contributed by atoms with Crippen LogP contribution in [-0.2, 0) is 11.3 Å². The van der Waals surface area contributed by atoms with Crippen molar-refractivity contribution < 1.29 is 4.74 Å².